The monoisotopic (exact) mass is 323 g/mol. The molecule has 3 heteroatoms. The number of rotatable bonds is 3. The van der Waals surface area contributed by atoms with Gasteiger partial charge in [0.15, 0.2) is 0 Å². The van der Waals surface area contributed by atoms with E-state index in [0.29, 0.717) is 5.02 Å². The number of benzene rings is 2. The average Bonchev–Trinajstić information content (AvgIpc) is 2.28. The van der Waals surface area contributed by atoms with E-state index < -0.39 is 0 Å². The minimum absolute atomic E-state index is 0.102. The normalized spacial score (nSPS) is 12.4. The lowest BCUT2D eigenvalue weighted by atomic mass is 9.98. The average molecular weight is 325 g/mol. The molecule has 2 aromatic rings. The fraction of sp³-hybridized carbons (Fsp3) is 0.200. The van der Waals surface area contributed by atoms with Crippen molar-refractivity contribution in [3.63, 3.8) is 0 Å². The summed E-state index contributed by atoms with van der Waals surface area (Å²) in [6.45, 7) is 2.08. The molecule has 0 heterocycles. The molecule has 2 N–H and O–H groups in total. The van der Waals surface area contributed by atoms with Gasteiger partial charge in [-0.15, -0.1) is 0 Å². The molecule has 0 aliphatic carbocycles. The van der Waals surface area contributed by atoms with Crippen molar-refractivity contribution in [2.45, 2.75) is 19.4 Å². The van der Waals surface area contributed by atoms with Crippen LogP contribution >= 0.6 is 27.5 Å². The molecule has 0 amide bonds. The van der Waals surface area contributed by atoms with Crippen molar-refractivity contribution in [3.8, 4) is 0 Å². The highest BCUT2D eigenvalue weighted by Gasteiger charge is 2.14. The molecule has 18 heavy (non-hydrogen) atoms. The van der Waals surface area contributed by atoms with E-state index in [-0.39, 0.29) is 6.04 Å². The van der Waals surface area contributed by atoms with Gasteiger partial charge in [0, 0.05) is 21.1 Å². The van der Waals surface area contributed by atoms with E-state index in [4.69, 9.17) is 17.3 Å². The van der Waals surface area contributed by atoms with Crippen molar-refractivity contribution in [2.75, 3.05) is 0 Å². The predicted octanol–water partition coefficient (Wildman–Crippen LogP) is 4.65. The molecule has 1 unspecified atom stereocenters. The maximum absolute atomic E-state index is 6.26. The van der Waals surface area contributed by atoms with E-state index in [1.54, 1.807) is 0 Å². The summed E-state index contributed by atoms with van der Waals surface area (Å²) < 4.78 is 0.968. The Morgan fingerprint density at radius 1 is 1.22 bits per heavy atom. The molecule has 0 bridgehead atoms. The van der Waals surface area contributed by atoms with E-state index in [1.807, 2.05) is 18.2 Å². The van der Waals surface area contributed by atoms with E-state index in [0.717, 1.165) is 16.5 Å². The fourth-order valence-corrected chi connectivity index (χ4v) is 3.15. The molecule has 94 valence electrons. The van der Waals surface area contributed by atoms with Crippen LogP contribution < -0.4 is 5.73 Å². The maximum Gasteiger partial charge on any atom is 0.0465 e. The second kappa shape index (κ2) is 5.87. The van der Waals surface area contributed by atoms with Crippen LogP contribution in [0.25, 0.3) is 0 Å². The van der Waals surface area contributed by atoms with Crippen molar-refractivity contribution < 1.29 is 0 Å². The minimum atomic E-state index is -0.102. The van der Waals surface area contributed by atoms with Gasteiger partial charge in [0.1, 0.15) is 0 Å². The minimum Gasteiger partial charge on any atom is -0.324 e. The first-order valence-corrected chi connectivity index (χ1v) is 7.00. The van der Waals surface area contributed by atoms with Gasteiger partial charge >= 0.3 is 0 Å². The van der Waals surface area contributed by atoms with Crippen LogP contribution in [0.15, 0.2) is 46.9 Å². The molecule has 0 saturated carbocycles. The first-order chi connectivity index (χ1) is 8.58. The molecule has 1 atom stereocenters. The Morgan fingerprint density at radius 3 is 2.61 bits per heavy atom. The number of hydrogen-bond acceptors (Lipinski definition) is 1. The fourth-order valence-electron chi connectivity index (χ4n) is 2.06. The maximum atomic E-state index is 6.26. The third-order valence-electron chi connectivity index (χ3n) is 2.91. The van der Waals surface area contributed by atoms with Crippen LogP contribution in [0.4, 0.5) is 0 Å². The smallest absolute Gasteiger partial charge is 0.0465 e. The van der Waals surface area contributed by atoms with Crippen LogP contribution in [0.2, 0.25) is 5.02 Å². The van der Waals surface area contributed by atoms with Crippen LogP contribution in [-0.4, -0.2) is 0 Å². The summed E-state index contributed by atoms with van der Waals surface area (Å²) in [5, 5.41) is 0.713. The van der Waals surface area contributed by atoms with Crippen molar-refractivity contribution in [1.82, 2.24) is 0 Å². The van der Waals surface area contributed by atoms with Crippen LogP contribution in [-0.2, 0) is 6.42 Å². The molecule has 0 fully saturated rings. The molecule has 2 aromatic carbocycles. The molecule has 0 radical (unpaired) electrons. The topological polar surface area (TPSA) is 26.0 Å². The first kappa shape index (κ1) is 13.6. The number of halogens is 2. The Morgan fingerprint density at radius 2 is 1.94 bits per heavy atom. The summed E-state index contributed by atoms with van der Waals surface area (Å²) in [6.07, 6.45) is 0.782. The molecular formula is C15H15BrClN. The molecule has 2 rings (SSSR count). The second-order valence-corrected chi connectivity index (χ2v) is 5.70. The number of nitrogens with two attached hydrogens (primary N) is 1. The summed E-state index contributed by atoms with van der Waals surface area (Å²) in [5.74, 6) is 0. The zero-order chi connectivity index (χ0) is 13.1. The zero-order valence-corrected chi connectivity index (χ0v) is 12.5. The standard InChI is InChI=1S/C15H15BrClN/c1-10-4-2-5-11(8-10)9-14(18)15-12(16)6-3-7-13(15)17/h2-8,14H,9,18H2,1H3. The summed E-state index contributed by atoms with van der Waals surface area (Å²) in [4.78, 5) is 0. The lowest BCUT2D eigenvalue weighted by molar-refractivity contribution is 0.718. The Kier molecular flexibility index (Phi) is 4.44. The Labute approximate surface area is 121 Å². The van der Waals surface area contributed by atoms with E-state index >= 15 is 0 Å². The quantitative estimate of drug-likeness (QED) is 0.873. The first-order valence-electron chi connectivity index (χ1n) is 5.83. The molecular weight excluding hydrogens is 310 g/mol. The van der Waals surface area contributed by atoms with Crippen molar-refractivity contribution in [3.05, 3.63) is 68.7 Å². The van der Waals surface area contributed by atoms with Crippen LogP contribution in [0, 0.1) is 6.92 Å². The molecule has 0 aliphatic heterocycles. The molecule has 0 saturated heterocycles. The van der Waals surface area contributed by atoms with Gasteiger partial charge < -0.3 is 5.73 Å². The number of aryl methyl sites for hydroxylation is 1. The summed E-state index contributed by atoms with van der Waals surface area (Å²) in [7, 11) is 0. The highest BCUT2D eigenvalue weighted by atomic mass is 79.9. The van der Waals surface area contributed by atoms with Gasteiger partial charge in [0.2, 0.25) is 0 Å². The van der Waals surface area contributed by atoms with E-state index in [9.17, 15) is 0 Å². The Hall–Kier alpha value is -0.830. The second-order valence-electron chi connectivity index (χ2n) is 4.44. The van der Waals surface area contributed by atoms with Gasteiger partial charge in [-0.25, -0.2) is 0 Å². The van der Waals surface area contributed by atoms with Gasteiger partial charge in [-0.3, -0.25) is 0 Å². The van der Waals surface area contributed by atoms with Gasteiger partial charge in [-0.2, -0.15) is 0 Å². The Balaban J connectivity index is 2.25. The highest BCUT2D eigenvalue weighted by Crippen LogP contribution is 2.31. The molecule has 0 spiro atoms. The van der Waals surface area contributed by atoms with Crippen LogP contribution in [0.1, 0.15) is 22.7 Å². The van der Waals surface area contributed by atoms with Gasteiger partial charge in [0.25, 0.3) is 0 Å². The summed E-state index contributed by atoms with van der Waals surface area (Å²) >= 11 is 9.72. The lowest BCUT2D eigenvalue weighted by Gasteiger charge is -2.16. The Bertz CT molecular complexity index is 534. The molecule has 1 nitrogen and oxygen atoms in total. The number of hydrogen-bond donors (Lipinski definition) is 1. The lowest BCUT2D eigenvalue weighted by Crippen LogP contribution is -2.14. The summed E-state index contributed by atoms with van der Waals surface area (Å²) in [6, 6.07) is 14.0. The predicted molar refractivity (Wildman–Crippen MR) is 81.0 cm³/mol. The molecule has 0 aliphatic rings. The zero-order valence-electron chi connectivity index (χ0n) is 10.2. The van der Waals surface area contributed by atoms with Gasteiger partial charge in [0.05, 0.1) is 0 Å². The third-order valence-corrected chi connectivity index (χ3v) is 3.93. The van der Waals surface area contributed by atoms with Crippen LogP contribution in [0.3, 0.4) is 0 Å². The van der Waals surface area contributed by atoms with Crippen LogP contribution in [0.5, 0.6) is 0 Å². The third kappa shape index (κ3) is 3.14. The molecule has 0 aromatic heterocycles. The van der Waals surface area contributed by atoms with Crippen molar-refractivity contribution >= 4 is 27.5 Å². The van der Waals surface area contributed by atoms with Crippen molar-refractivity contribution in [1.29, 1.82) is 0 Å². The van der Waals surface area contributed by atoms with Gasteiger partial charge in [-0.1, -0.05) is 63.4 Å². The van der Waals surface area contributed by atoms with Crippen molar-refractivity contribution in [2.24, 2.45) is 5.73 Å². The largest absolute Gasteiger partial charge is 0.324 e. The van der Waals surface area contributed by atoms with E-state index in [1.165, 1.54) is 11.1 Å². The summed E-state index contributed by atoms with van der Waals surface area (Å²) in [5.41, 5.74) is 9.72. The van der Waals surface area contributed by atoms with Gasteiger partial charge in [-0.05, 0) is 31.0 Å². The highest BCUT2D eigenvalue weighted by molar-refractivity contribution is 9.10. The SMILES string of the molecule is Cc1cccc(CC(N)c2c(Cl)cccc2Br)c1. The van der Waals surface area contributed by atoms with E-state index in [2.05, 4.69) is 47.1 Å².